The summed E-state index contributed by atoms with van der Waals surface area (Å²) in [4.78, 5) is 0. The topological polar surface area (TPSA) is 9.86 Å². The van der Waals surface area contributed by atoms with Crippen molar-refractivity contribution in [3.63, 3.8) is 0 Å². The van der Waals surface area contributed by atoms with Crippen molar-refractivity contribution in [2.24, 2.45) is 0 Å². The predicted octanol–water partition coefficient (Wildman–Crippen LogP) is 5.86. The summed E-state index contributed by atoms with van der Waals surface area (Å²) in [6.45, 7) is 0.103. The fourth-order valence-corrected chi connectivity index (χ4v) is 6.11. The van der Waals surface area contributed by atoms with Crippen LogP contribution in [0.25, 0.3) is 49.3 Å². The molecule has 0 bridgehead atoms. The maximum absolute atomic E-state index is 2.56. The molecule has 8 rings (SSSR count). The molecule has 0 saturated heterocycles. The van der Waals surface area contributed by atoms with E-state index in [1.165, 1.54) is 60.2 Å². The third kappa shape index (κ3) is 2.10. The molecule has 0 unspecified atom stereocenters. The van der Waals surface area contributed by atoms with Crippen LogP contribution in [0.15, 0.2) is 115 Å². The lowest BCUT2D eigenvalue weighted by Crippen LogP contribution is -2.53. The quantitative estimate of drug-likeness (QED) is 0.296. The van der Waals surface area contributed by atoms with Gasteiger partial charge < -0.3 is 9.05 Å². The van der Waals surface area contributed by atoms with Gasteiger partial charge >= 0.3 is 6.85 Å². The fraction of sp³-hybridized carbons (Fsp3) is 0. The largest absolute Gasteiger partial charge is 0.376 e. The minimum atomic E-state index is 0.103. The van der Waals surface area contributed by atoms with E-state index in [9.17, 15) is 0 Å². The Balaban J connectivity index is 1.61. The summed E-state index contributed by atoms with van der Waals surface area (Å²) in [6.07, 6.45) is 0. The van der Waals surface area contributed by atoms with E-state index >= 15 is 0 Å². The average Bonchev–Trinajstić information content (AvgIpc) is 3.39. The summed E-state index contributed by atoms with van der Waals surface area (Å²) in [5.41, 5.74) is 9.12. The minimum Gasteiger partial charge on any atom is -0.376 e. The zero-order valence-corrected chi connectivity index (χ0v) is 17.9. The second-order valence-corrected chi connectivity index (χ2v) is 8.96. The van der Waals surface area contributed by atoms with Crippen LogP contribution >= 0.6 is 0 Å². The van der Waals surface area contributed by atoms with Crippen molar-refractivity contribution in [2.45, 2.75) is 0 Å². The van der Waals surface area contributed by atoms with E-state index < -0.39 is 0 Å². The van der Waals surface area contributed by atoms with E-state index in [1.54, 1.807) is 0 Å². The van der Waals surface area contributed by atoms with Crippen LogP contribution in [0.5, 0.6) is 0 Å². The summed E-state index contributed by atoms with van der Waals surface area (Å²) in [6, 6.07) is 42.2. The molecule has 152 valence electrons. The highest BCUT2D eigenvalue weighted by molar-refractivity contribution is 6.88. The van der Waals surface area contributed by atoms with Crippen molar-refractivity contribution in [3.05, 3.63) is 115 Å². The van der Waals surface area contributed by atoms with Crippen molar-refractivity contribution in [2.75, 3.05) is 0 Å². The number of hydrogen-bond donors (Lipinski definition) is 0. The lowest BCUT2D eigenvalue weighted by atomic mass is 9.48. The third-order valence-electron chi connectivity index (χ3n) is 7.37. The molecule has 2 nitrogen and oxygen atoms in total. The zero-order chi connectivity index (χ0) is 21.5. The van der Waals surface area contributed by atoms with Gasteiger partial charge in [-0.15, -0.1) is 0 Å². The highest BCUT2D eigenvalue weighted by atomic mass is 15.0. The van der Waals surface area contributed by atoms with Crippen molar-refractivity contribution in [1.29, 1.82) is 0 Å². The maximum atomic E-state index is 2.56. The molecule has 3 heteroatoms. The Hall–Kier alpha value is -4.24. The van der Waals surface area contributed by atoms with Gasteiger partial charge in [0.1, 0.15) is 0 Å². The molecule has 5 aromatic carbocycles. The van der Waals surface area contributed by atoms with Crippen LogP contribution in [0, 0.1) is 0 Å². The lowest BCUT2D eigenvalue weighted by Gasteiger charge is -2.28. The van der Waals surface area contributed by atoms with E-state index in [1.807, 2.05) is 0 Å². The predicted molar refractivity (Wildman–Crippen MR) is 141 cm³/mol. The molecule has 0 amide bonds. The Morgan fingerprint density at radius 1 is 0.424 bits per heavy atom. The Labute approximate surface area is 191 Å². The summed E-state index contributed by atoms with van der Waals surface area (Å²) in [7, 11) is 0. The van der Waals surface area contributed by atoms with Gasteiger partial charge in [0.15, 0.2) is 0 Å². The molecule has 33 heavy (non-hydrogen) atoms. The highest BCUT2D eigenvalue weighted by Gasteiger charge is 2.35. The summed E-state index contributed by atoms with van der Waals surface area (Å²) in [5, 5.41) is 5.25. The lowest BCUT2D eigenvalue weighted by molar-refractivity contribution is 1.18. The van der Waals surface area contributed by atoms with Crippen LogP contribution in [-0.4, -0.2) is 15.9 Å². The molecule has 0 radical (unpaired) electrons. The van der Waals surface area contributed by atoms with Gasteiger partial charge in [-0.2, -0.15) is 0 Å². The van der Waals surface area contributed by atoms with Crippen LogP contribution < -0.4 is 10.9 Å². The first-order chi connectivity index (χ1) is 16.4. The first kappa shape index (κ1) is 17.3. The average molecular weight is 418 g/mol. The molecule has 0 aliphatic carbocycles. The number of rotatable bonds is 1. The van der Waals surface area contributed by atoms with E-state index in [0.717, 1.165) is 0 Å². The normalized spacial score (nSPS) is 12.8. The third-order valence-corrected chi connectivity index (χ3v) is 7.37. The summed E-state index contributed by atoms with van der Waals surface area (Å²) >= 11 is 0. The second-order valence-electron chi connectivity index (χ2n) is 8.96. The SMILES string of the molecule is c1ccc2c(c1)B(n1c3ccccc3c3ccccc31)c1cccc3c4ccccc4n-2c13. The Bertz CT molecular complexity index is 1840. The van der Waals surface area contributed by atoms with Crippen molar-refractivity contribution < 1.29 is 0 Å². The summed E-state index contributed by atoms with van der Waals surface area (Å²) in [5.74, 6) is 0. The number of hydrogen-bond acceptors (Lipinski definition) is 0. The molecular weight excluding hydrogens is 399 g/mol. The highest BCUT2D eigenvalue weighted by Crippen LogP contribution is 2.35. The molecule has 3 heterocycles. The van der Waals surface area contributed by atoms with Gasteiger partial charge in [-0.3, -0.25) is 0 Å². The van der Waals surface area contributed by atoms with Crippen LogP contribution in [0.3, 0.4) is 0 Å². The smallest absolute Gasteiger partial charge is 0.332 e. The van der Waals surface area contributed by atoms with Crippen molar-refractivity contribution in [1.82, 2.24) is 9.05 Å². The van der Waals surface area contributed by atoms with E-state index in [0.29, 0.717) is 0 Å². The Morgan fingerprint density at radius 2 is 0.939 bits per heavy atom. The summed E-state index contributed by atoms with van der Waals surface area (Å²) < 4.78 is 5.03. The fourth-order valence-electron chi connectivity index (χ4n) is 6.11. The molecule has 1 aliphatic rings. The minimum absolute atomic E-state index is 0.103. The molecule has 0 atom stereocenters. The molecule has 0 N–H and O–H groups in total. The number of para-hydroxylation sites is 5. The Morgan fingerprint density at radius 3 is 1.67 bits per heavy atom. The van der Waals surface area contributed by atoms with E-state index in [4.69, 9.17) is 0 Å². The molecule has 7 aromatic rings. The van der Waals surface area contributed by atoms with E-state index in [-0.39, 0.29) is 6.85 Å². The standard InChI is InChI=1S/C30H19BN2/c1-5-16-26-22(12-1)23-13-9-15-25-30(23)32(26)29-19-8-4-14-24(29)31(25)33-27-17-6-2-10-20(27)21-11-3-7-18-28(21)33/h1-19H. The van der Waals surface area contributed by atoms with Gasteiger partial charge in [0.05, 0.1) is 11.0 Å². The Kier molecular flexibility index (Phi) is 3.24. The maximum Gasteiger partial charge on any atom is 0.332 e. The first-order valence-electron chi connectivity index (χ1n) is 11.5. The van der Waals surface area contributed by atoms with Gasteiger partial charge in [0, 0.05) is 38.3 Å². The van der Waals surface area contributed by atoms with Gasteiger partial charge in [-0.25, -0.2) is 0 Å². The molecule has 2 aromatic heterocycles. The number of aromatic nitrogens is 2. The van der Waals surface area contributed by atoms with Crippen LogP contribution in [0.2, 0.25) is 0 Å². The van der Waals surface area contributed by atoms with Crippen molar-refractivity contribution in [3.8, 4) is 5.69 Å². The number of benzene rings is 5. The van der Waals surface area contributed by atoms with Crippen LogP contribution in [0.4, 0.5) is 0 Å². The van der Waals surface area contributed by atoms with Gasteiger partial charge in [-0.1, -0.05) is 91.0 Å². The van der Waals surface area contributed by atoms with E-state index in [2.05, 4.69) is 124 Å². The van der Waals surface area contributed by atoms with Crippen LogP contribution in [0.1, 0.15) is 0 Å². The number of nitrogens with zero attached hydrogens (tertiary/aromatic N) is 2. The number of fused-ring (bicyclic) bond motifs is 8. The van der Waals surface area contributed by atoms with Gasteiger partial charge in [-0.05, 0) is 35.2 Å². The van der Waals surface area contributed by atoms with Gasteiger partial charge in [0.25, 0.3) is 0 Å². The molecule has 0 spiro atoms. The van der Waals surface area contributed by atoms with Gasteiger partial charge in [0.2, 0.25) is 0 Å². The molecule has 0 fully saturated rings. The zero-order valence-electron chi connectivity index (χ0n) is 17.9. The van der Waals surface area contributed by atoms with Crippen LogP contribution in [-0.2, 0) is 0 Å². The monoisotopic (exact) mass is 418 g/mol. The second kappa shape index (κ2) is 6.17. The first-order valence-corrected chi connectivity index (χ1v) is 11.5. The molecular formula is C30H19BN2. The molecule has 0 saturated carbocycles. The molecule has 1 aliphatic heterocycles. The van der Waals surface area contributed by atoms with Crippen molar-refractivity contribution >= 4 is 61.4 Å².